The number of para-hydroxylation sites is 2. The summed E-state index contributed by atoms with van der Waals surface area (Å²) in [6.07, 6.45) is 1.73. The van der Waals surface area contributed by atoms with Crippen LogP contribution in [0, 0.1) is 0 Å². The zero-order valence-electron chi connectivity index (χ0n) is 11.9. The number of carbonyl (C=O) groups excluding carboxylic acids is 1. The highest BCUT2D eigenvalue weighted by molar-refractivity contribution is 6.11. The van der Waals surface area contributed by atoms with Gasteiger partial charge in [0, 0.05) is 25.2 Å². The lowest BCUT2D eigenvalue weighted by Gasteiger charge is -2.17. The average molecular weight is 280 g/mol. The smallest absolute Gasteiger partial charge is 0.257 e. The first kappa shape index (κ1) is 13.2. The lowest BCUT2D eigenvalue weighted by molar-refractivity contribution is 0.102. The second-order valence-electron chi connectivity index (χ2n) is 5.01. The normalized spacial score (nSPS) is 10.6. The Hall–Kier alpha value is -2.82. The molecular formula is C16H16N4O. The highest BCUT2D eigenvalue weighted by Crippen LogP contribution is 2.23. The van der Waals surface area contributed by atoms with E-state index in [2.05, 4.69) is 15.5 Å². The van der Waals surface area contributed by atoms with Crippen LogP contribution in [0.2, 0.25) is 0 Å². The van der Waals surface area contributed by atoms with Gasteiger partial charge in [-0.2, -0.15) is 5.10 Å². The molecule has 0 unspecified atom stereocenters. The number of fused-ring (bicyclic) bond motifs is 1. The van der Waals surface area contributed by atoms with Crippen LogP contribution in [0.1, 0.15) is 10.4 Å². The Labute approximate surface area is 122 Å². The summed E-state index contributed by atoms with van der Waals surface area (Å²) in [6.45, 7) is 0. The second kappa shape index (κ2) is 5.28. The minimum absolute atomic E-state index is 0.138. The number of amides is 1. The topological polar surface area (TPSA) is 61.0 Å². The zero-order chi connectivity index (χ0) is 14.8. The fourth-order valence-electron chi connectivity index (χ4n) is 2.32. The molecule has 1 heterocycles. The monoisotopic (exact) mass is 280 g/mol. The third-order valence-corrected chi connectivity index (χ3v) is 3.36. The molecule has 0 aliphatic heterocycles. The Balaban J connectivity index is 1.95. The third-order valence-electron chi connectivity index (χ3n) is 3.36. The largest absolute Gasteiger partial charge is 0.377 e. The zero-order valence-corrected chi connectivity index (χ0v) is 11.9. The van der Waals surface area contributed by atoms with Gasteiger partial charge in [-0.05, 0) is 18.2 Å². The predicted octanol–water partition coefficient (Wildman–Crippen LogP) is 2.88. The number of rotatable bonds is 3. The Bertz CT molecular complexity index is 792. The van der Waals surface area contributed by atoms with E-state index in [-0.39, 0.29) is 5.91 Å². The number of nitrogens with one attached hydrogen (secondary N) is 2. The third kappa shape index (κ3) is 2.45. The molecule has 2 aromatic carbocycles. The Kier molecular flexibility index (Phi) is 3.31. The molecule has 5 heteroatoms. The van der Waals surface area contributed by atoms with Gasteiger partial charge in [0.2, 0.25) is 0 Å². The van der Waals surface area contributed by atoms with Gasteiger partial charge in [-0.3, -0.25) is 9.89 Å². The molecule has 5 nitrogen and oxygen atoms in total. The molecule has 21 heavy (non-hydrogen) atoms. The summed E-state index contributed by atoms with van der Waals surface area (Å²) < 4.78 is 0. The maximum atomic E-state index is 12.5. The number of anilines is 2. The number of carbonyl (C=O) groups is 1. The van der Waals surface area contributed by atoms with Crippen molar-refractivity contribution in [1.29, 1.82) is 0 Å². The van der Waals surface area contributed by atoms with Crippen LogP contribution in [0.3, 0.4) is 0 Å². The Morgan fingerprint density at radius 3 is 2.76 bits per heavy atom. The van der Waals surface area contributed by atoms with E-state index < -0.39 is 0 Å². The summed E-state index contributed by atoms with van der Waals surface area (Å²) in [5.74, 6) is -0.138. The highest BCUT2D eigenvalue weighted by atomic mass is 16.1. The summed E-state index contributed by atoms with van der Waals surface area (Å²) in [4.78, 5) is 14.5. The number of H-pyrrole nitrogens is 1. The van der Waals surface area contributed by atoms with E-state index in [9.17, 15) is 4.79 Å². The SMILES string of the molecule is CN(C)c1ccccc1C(=O)Nc1cccc2cn[nH]c12. The van der Waals surface area contributed by atoms with E-state index in [1.165, 1.54) is 0 Å². The molecule has 0 aliphatic carbocycles. The summed E-state index contributed by atoms with van der Waals surface area (Å²) in [5, 5.41) is 10.8. The standard InChI is InChI=1S/C16H16N4O/c1-20(2)14-9-4-3-7-12(14)16(21)18-13-8-5-6-11-10-17-19-15(11)13/h3-10H,1-2H3,(H,17,19)(H,18,21). The average Bonchev–Trinajstić information content (AvgIpc) is 2.96. The van der Waals surface area contributed by atoms with Gasteiger partial charge in [0.1, 0.15) is 0 Å². The van der Waals surface area contributed by atoms with Crippen LogP contribution in [0.5, 0.6) is 0 Å². The molecule has 0 fully saturated rings. The molecule has 2 N–H and O–H groups in total. The molecule has 1 amide bonds. The molecule has 0 saturated carbocycles. The van der Waals surface area contributed by atoms with Crippen LogP contribution in [0.4, 0.5) is 11.4 Å². The van der Waals surface area contributed by atoms with Gasteiger partial charge >= 0.3 is 0 Å². The molecule has 0 aliphatic rings. The van der Waals surface area contributed by atoms with Crippen molar-refractivity contribution in [3.63, 3.8) is 0 Å². The van der Waals surface area contributed by atoms with E-state index in [0.717, 1.165) is 22.3 Å². The Morgan fingerprint density at radius 1 is 1.14 bits per heavy atom. The van der Waals surface area contributed by atoms with Crippen LogP contribution in [0.15, 0.2) is 48.7 Å². The van der Waals surface area contributed by atoms with Gasteiger partial charge in [0.05, 0.1) is 23.0 Å². The van der Waals surface area contributed by atoms with Crippen molar-refractivity contribution in [2.75, 3.05) is 24.3 Å². The summed E-state index contributed by atoms with van der Waals surface area (Å²) in [5.41, 5.74) is 3.07. The maximum Gasteiger partial charge on any atom is 0.257 e. The summed E-state index contributed by atoms with van der Waals surface area (Å²) >= 11 is 0. The van der Waals surface area contributed by atoms with E-state index in [0.29, 0.717) is 5.56 Å². The number of hydrogen-bond donors (Lipinski definition) is 2. The number of aromatic nitrogens is 2. The van der Waals surface area contributed by atoms with Crippen LogP contribution in [0.25, 0.3) is 10.9 Å². The van der Waals surface area contributed by atoms with E-state index in [4.69, 9.17) is 0 Å². The molecule has 0 atom stereocenters. The van der Waals surface area contributed by atoms with Gasteiger partial charge in [0.15, 0.2) is 0 Å². The molecule has 3 rings (SSSR count). The van der Waals surface area contributed by atoms with Crippen LogP contribution in [-0.4, -0.2) is 30.2 Å². The van der Waals surface area contributed by atoms with Crippen molar-refractivity contribution < 1.29 is 4.79 Å². The first-order chi connectivity index (χ1) is 10.2. The maximum absolute atomic E-state index is 12.5. The first-order valence-corrected chi connectivity index (χ1v) is 6.66. The second-order valence-corrected chi connectivity index (χ2v) is 5.01. The summed E-state index contributed by atoms with van der Waals surface area (Å²) in [7, 11) is 3.84. The van der Waals surface area contributed by atoms with E-state index in [1.807, 2.05) is 61.5 Å². The van der Waals surface area contributed by atoms with Gasteiger partial charge < -0.3 is 10.2 Å². The lowest BCUT2D eigenvalue weighted by Crippen LogP contribution is -2.18. The molecule has 0 bridgehead atoms. The van der Waals surface area contributed by atoms with Crippen LogP contribution in [-0.2, 0) is 0 Å². The van der Waals surface area contributed by atoms with E-state index in [1.54, 1.807) is 6.20 Å². The van der Waals surface area contributed by atoms with Crippen molar-refractivity contribution in [3.8, 4) is 0 Å². The van der Waals surface area contributed by atoms with Crippen LogP contribution < -0.4 is 10.2 Å². The fraction of sp³-hybridized carbons (Fsp3) is 0.125. The van der Waals surface area contributed by atoms with Gasteiger partial charge in [0.25, 0.3) is 5.91 Å². The summed E-state index contributed by atoms with van der Waals surface area (Å²) in [6, 6.07) is 13.2. The molecule has 106 valence electrons. The van der Waals surface area contributed by atoms with Crippen molar-refractivity contribution >= 4 is 28.2 Å². The quantitative estimate of drug-likeness (QED) is 0.775. The molecule has 3 aromatic rings. The van der Waals surface area contributed by atoms with Crippen molar-refractivity contribution in [3.05, 3.63) is 54.2 Å². The predicted molar refractivity (Wildman–Crippen MR) is 84.8 cm³/mol. The molecular weight excluding hydrogens is 264 g/mol. The number of benzene rings is 2. The molecule has 0 spiro atoms. The van der Waals surface area contributed by atoms with Gasteiger partial charge in [-0.15, -0.1) is 0 Å². The number of hydrogen-bond acceptors (Lipinski definition) is 3. The van der Waals surface area contributed by atoms with Crippen molar-refractivity contribution in [2.24, 2.45) is 0 Å². The molecule has 0 saturated heterocycles. The van der Waals surface area contributed by atoms with Crippen molar-refractivity contribution in [2.45, 2.75) is 0 Å². The Morgan fingerprint density at radius 2 is 1.95 bits per heavy atom. The van der Waals surface area contributed by atoms with Crippen LogP contribution >= 0.6 is 0 Å². The molecule has 0 radical (unpaired) electrons. The lowest BCUT2D eigenvalue weighted by atomic mass is 10.1. The van der Waals surface area contributed by atoms with E-state index >= 15 is 0 Å². The highest BCUT2D eigenvalue weighted by Gasteiger charge is 2.13. The fourth-order valence-corrected chi connectivity index (χ4v) is 2.32. The minimum atomic E-state index is -0.138. The van der Waals surface area contributed by atoms with Gasteiger partial charge in [-0.25, -0.2) is 0 Å². The number of aromatic amines is 1. The first-order valence-electron chi connectivity index (χ1n) is 6.66. The van der Waals surface area contributed by atoms with Crippen molar-refractivity contribution in [1.82, 2.24) is 10.2 Å². The minimum Gasteiger partial charge on any atom is -0.377 e. The van der Waals surface area contributed by atoms with Gasteiger partial charge in [-0.1, -0.05) is 24.3 Å². The molecule has 1 aromatic heterocycles. The number of nitrogens with zero attached hydrogens (tertiary/aromatic N) is 2.